The highest BCUT2D eigenvalue weighted by atomic mass is 35.5. The number of nitrogens with zero attached hydrogens (tertiary/aromatic N) is 2. The smallest absolute Gasteiger partial charge is 0.434 e. The Bertz CT molecular complexity index is 725. The van der Waals surface area contributed by atoms with E-state index in [0.717, 1.165) is 25.2 Å². The number of alkyl halides is 3. The minimum Gasteiger partial charge on any atom is -0.478 e. The molecule has 4 nitrogen and oxygen atoms in total. The molecule has 21 heavy (non-hydrogen) atoms. The summed E-state index contributed by atoms with van der Waals surface area (Å²) >= 11 is 5.66. The SMILES string of the molecule is Cn1nc(-c2cc(F)ccc2C(=O)O)c(Cl)c1C(F)(F)F. The molecule has 0 fully saturated rings. The van der Waals surface area contributed by atoms with Gasteiger partial charge in [0.1, 0.15) is 11.5 Å². The number of carboxylic acids is 1. The number of hydrogen-bond donors (Lipinski definition) is 1. The van der Waals surface area contributed by atoms with Crippen LogP contribution in [0, 0.1) is 5.82 Å². The summed E-state index contributed by atoms with van der Waals surface area (Å²) in [6.07, 6.45) is -4.77. The summed E-state index contributed by atoms with van der Waals surface area (Å²) in [5.41, 5.74) is -2.40. The van der Waals surface area contributed by atoms with Crippen molar-refractivity contribution in [2.45, 2.75) is 6.18 Å². The molecule has 112 valence electrons. The first-order valence-electron chi connectivity index (χ1n) is 5.46. The first-order valence-corrected chi connectivity index (χ1v) is 5.83. The third kappa shape index (κ3) is 2.71. The average molecular weight is 323 g/mol. The molecule has 0 amide bonds. The lowest BCUT2D eigenvalue weighted by Crippen LogP contribution is -2.12. The van der Waals surface area contributed by atoms with Gasteiger partial charge in [-0.05, 0) is 18.2 Å². The molecule has 0 saturated carbocycles. The number of hydrogen-bond acceptors (Lipinski definition) is 2. The standard InChI is InChI=1S/C12H7ClF4N2O2/c1-19-10(12(15,16)17)8(13)9(18-19)7-4-5(14)2-3-6(7)11(20)21/h2-4H,1H3,(H,20,21). The van der Waals surface area contributed by atoms with E-state index >= 15 is 0 Å². The van der Waals surface area contributed by atoms with E-state index in [2.05, 4.69) is 5.10 Å². The minimum absolute atomic E-state index is 0.321. The molecule has 1 aromatic heterocycles. The lowest BCUT2D eigenvalue weighted by Gasteiger charge is -2.06. The Balaban J connectivity index is 2.75. The Labute approximate surface area is 120 Å². The largest absolute Gasteiger partial charge is 0.478 e. The summed E-state index contributed by atoms with van der Waals surface area (Å²) < 4.78 is 52.3. The Kier molecular flexibility index (Phi) is 3.66. The van der Waals surface area contributed by atoms with Crippen LogP contribution in [0.1, 0.15) is 16.1 Å². The van der Waals surface area contributed by atoms with Crippen LogP contribution in [0.5, 0.6) is 0 Å². The van der Waals surface area contributed by atoms with Crippen LogP contribution >= 0.6 is 11.6 Å². The van der Waals surface area contributed by atoms with Crippen LogP contribution in [0.25, 0.3) is 11.3 Å². The summed E-state index contributed by atoms with van der Waals surface area (Å²) in [5.74, 6) is -2.24. The van der Waals surface area contributed by atoms with Crippen molar-refractivity contribution in [3.05, 3.63) is 40.3 Å². The molecule has 9 heteroatoms. The first kappa shape index (κ1) is 15.3. The van der Waals surface area contributed by atoms with Crippen LogP contribution in [0.2, 0.25) is 5.02 Å². The molecule has 0 spiro atoms. The van der Waals surface area contributed by atoms with Gasteiger partial charge in [0, 0.05) is 12.6 Å². The van der Waals surface area contributed by atoms with Crippen molar-refractivity contribution >= 4 is 17.6 Å². The van der Waals surface area contributed by atoms with Crippen LogP contribution in [-0.2, 0) is 13.2 Å². The van der Waals surface area contributed by atoms with Gasteiger partial charge in [0.15, 0.2) is 5.69 Å². The highest BCUT2D eigenvalue weighted by molar-refractivity contribution is 6.34. The van der Waals surface area contributed by atoms with Crippen LogP contribution in [0.15, 0.2) is 18.2 Å². The zero-order valence-corrected chi connectivity index (χ0v) is 11.1. The number of aryl methyl sites for hydroxylation is 1. The molecular formula is C12H7ClF4N2O2. The second kappa shape index (κ2) is 5.03. The lowest BCUT2D eigenvalue weighted by molar-refractivity contribution is -0.143. The third-order valence-corrected chi connectivity index (χ3v) is 3.08. The highest BCUT2D eigenvalue weighted by Crippen LogP contribution is 2.40. The van der Waals surface area contributed by atoms with Gasteiger partial charge in [-0.3, -0.25) is 4.68 Å². The van der Waals surface area contributed by atoms with Crippen molar-refractivity contribution in [1.29, 1.82) is 0 Å². The van der Waals surface area contributed by atoms with Crippen molar-refractivity contribution in [2.75, 3.05) is 0 Å². The summed E-state index contributed by atoms with van der Waals surface area (Å²) in [6, 6.07) is 2.59. The average Bonchev–Trinajstić information content (AvgIpc) is 2.63. The van der Waals surface area contributed by atoms with Crippen LogP contribution in [-0.4, -0.2) is 20.9 Å². The maximum atomic E-state index is 13.3. The number of carboxylic acid groups (broad SMARTS) is 1. The summed E-state index contributed by atoms with van der Waals surface area (Å²) in [4.78, 5) is 11.1. The van der Waals surface area contributed by atoms with E-state index in [1.807, 2.05) is 0 Å². The normalized spacial score (nSPS) is 11.7. The number of halogens is 5. The quantitative estimate of drug-likeness (QED) is 0.860. The van der Waals surface area contributed by atoms with Gasteiger partial charge < -0.3 is 5.11 Å². The highest BCUT2D eigenvalue weighted by Gasteiger charge is 2.39. The molecule has 0 saturated heterocycles. The van der Waals surface area contributed by atoms with Gasteiger partial charge in [-0.1, -0.05) is 11.6 Å². The molecule has 1 aromatic carbocycles. The molecule has 0 unspecified atom stereocenters. The molecule has 0 bridgehead atoms. The van der Waals surface area contributed by atoms with E-state index in [9.17, 15) is 22.4 Å². The number of carbonyl (C=O) groups is 1. The van der Waals surface area contributed by atoms with Gasteiger partial charge in [-0.25, -0.2) is 9.18 Å². The van der Waals surface area contributed by atoms with Crippen molar-refractivity contribution in [3.63, 3.8) is 0 Å². The van der Waals surface area contributed by atoms with E-state index in [0.29, 0.717) is 4.68 Å². The van der Waals surface area contributed by atoms with Crippen molar-refractivity contribution in [1.82, 2.24) is 9.78 Å². The molecule has 0 radical (unpaired) electrons. The van der Waals surface area contributed by atoms with E-state index in [-0.39, 0.29) is 5.56 Å². The molecule has 2 aromatic rings. The maximum Gasteiger partial charge on any atom is 0.434 e. The second-order valence-electron chi connectivity index (χ2n) is 4.13. The van der Waals surface area contributed by atoms with Gasteiger partial charge in [-0.15, -0.1) is 0 Å². The molecular weight excluding hydrogens is 316 g/mol. The number of aromatic nitrogens is 2. The predicted molar refractivity (Wildman–Crippen MR) is 65.6 cm³/mol. The van der Waals surface area contributed by atoms with Gasteiger partial charge in [-0.2, -0.15) is 18.3 Å². The molecule has 0 aliphatic heterocycles. The van der Waals surface area contributed by atoms with Crippen molar-refractivity contribution < 1.29 is 27.5 Å². The Morgan fingerprint density at radius 3 is 2.48 bits per heavy atom. The topological polar surface area (TPSA) is 55.1 Å². The Morgan fingerprint density at radius 2 is 2.00 bits per heavy atom. The van der Waals surface area contributed by atoms with Crippen LogP contribution in [0.3, 0.4) is 0 Å². The maximum absolute atomic E-state index is 13.3. The molecule has 0 atom stereocenters. The monoisotopic (exact) mass is 322 g/mol. The summed E-state index contributed by atoms with van der Waals surface area (Å²) in [6.45, 7) is 0. The number of aromatic carboxylic acids is 1. The zero-order valence-electron chi connectivity index (χ0n) is 10.4. The molecule has 2 rings (SSSR count). The van der Waals surface area contributed by atoms with E-state index in [1.54, 1.807) is 0 Å². The molecule has 0 aliphatic carbocycles. The fourth-order valence-electron chi connectivity index (χ4n) is 1.88. The zero-order chi connectivity index (χ0) is 15.9. The Hall–Kier alpha value is -2.09. The van der Waals surface area contributed by atoms with Crippen molar-refractivity contribution in [3.8, 4) is 11.3 Å². The van der Waals surface area contributed by atoms with Gasteiger partial charge in [0.25, 0.3) is 0 Å². The Morgan fingerprint density at radius 1 is 1.38 bits per heavy atom. The number of benzene rings is 1. The molecule has 1 heterocycles. The summed E-state index contributed by atoms with van der Waals surface area (Å²) in [5, 5.41) is 11.8. The molecule has 1 N–H and O–H groups in total. The second-order valence-corrected chi connectivity index (χ2v) is 4.51. The van der Waals surface area contributed by atoms with Crippen molar-refractivity contribution in [2.24, 2.45) is 7.05 Å². The van der Waals surface area contributed by atoms with Gasteiger partial charge in [0.05, 0.1) is 10.6 Å². The minimum atomic E-state index is -4.77. The predicted octanol–water partition coefficient (Wildman–Crippen LogP) is 3.60. The summed E-state index contributed by atoms with van der Waals surface area (Å²) in [7, 11) is 1.01. The molecule has 0 aliphatic rings. The van der Waals surface area contributed by atoms with Gasteiger partial charge in [0.2, 0.25) is 0 Å². The third-order valence-electron chi connectivity index (χ3n) is 2.73. The van der Waals surface area contributed by atoms with E-state index in [1.165, 1.54) is 0 Å². The van der Waals surface area contributed by atoms with Crippen LogP contribution < -0.4 is 0 Å². The van der Waals surface area contributed by atoms with E-state index in [4.69, 9.17) is 16.7 Å². The fraction of sp³-hybridized carbons (Fsp3) is 0.167. The van der Waals surface area contributed by atoms with Gasteiger partial charge >= 0.3 is 12.1 Å². The lowest BCUT2D eigenvalue weighted by atomic mass is 10.0. The van der Waals surface area contributed by atoms with E-state index < -0.39 is 39.9 Å². The first-order chi connectivity index (χ1) is 9.62. The fourth-order valence-corrected chi connectivity index (χ4v) is 2.25. The van der Waals surface area contributed by atoms with Crippen LogP contribution in [0.4, 0.5) is 17.6 Å². The number of rotatable bonds is 2.